The van der Waals surface area contributed by atoms with Crippen LogP contribution in [0.15, 0.2) is 77.7 Å². The van der Waals surface area contributed by atoms with Crippen molar-refractivity contribution in [1.29, 1.82) is 0 Å². The van der Waals surface area contributed by atoms with Crippen LogP contribution in [0.5, 0.6) is 11.5 Å². The lowest BCUT2D eigenvalue weighted by molar-refractivity contribution is -0.116. The van der Waals surface area contributed by atoms with Crippen molar-refractivity contribution in [2.24, 2.45) is 0 Å². The number of hydrogen-bond donors (Lipinski definition) is 1. The standard InChI is InChI=1S/C27H30N2O4S/c1-21-9-14-23(15-10-21)33-26-8-4-3-7-25(26)28-27(30)18-13-22-11-16-24(17-12-22)34(31,32)29-19-5-2-6-20-29/h3-4,7-12,14-17H,2,5-6,13,18-20H2,1H3,(H,28,30). The molecule has 6 nitrogen and oxygen atoms in total. The summed E-state index contributed by atoms with van der Waals surface area (Å²) in [5, 5.41) is 2.92. The molecule has 0 spiro atoms. The van der Waals surface area contributed by atoms with E-state index in [4.69, 9.17) is 4.74 Å². The monoisotopic (exact) mass is 478 g/mol. The zero-order valence-electron chi connectivity index (χ0n) is 19.4. The second-order valence-corrected chi connectivity index (χ2v) is 10.5. The van der Waals surface area contributed by atoms with E-state index in [0.717, 1.165) is 30.4 Å². The Labute approximate surface area is 201 Å². The minimum absolute atomic E-state index is 0.134. The molecule has 3 aromatic carbocycles. The Hall–Kier alpha value is -3.16. The first-order valence-electron chi connectivity index (χ1n) is 11.6. The highest BCUT2D eigenvalue weighted by Crippen LogP contribution is 2.29. The van der Waals surface area contributed by atoms with E-state index in [9.17, 15) is 13.2 Å². The molecule has 34 heavy (non-hydrogen) atoms. The van der Waals surface area contributed by atoms with Gasteiger partial charge in [-0.15, -0.1) is 0 Å². The first kappa shape index (κ1) is 24.0. The Kier molecular flexibility index (Phi) is 7.65. The van der Waals surface area contributed by atoms with Gasteiger partial charge in [0.1, 0.15) is 5.75 Å². The SMILES string of the molecule is Cc1ccc(Oc2ccccc2NC(=O)CCc2ccc(S(=O)(=O)N3CCCCC3)cc2)cc1. The third kappa shape index (κ3) is 6.04. The lowest BCUT2D eigenvalue weighted by Gasteiger charge is -2.25. The van der Waals surface area contributed by atoms with Gasteiger partial charge >= 0.3 is 0 Å². The summed E-state index contributed by atoms with van der Waals surface area (Å²) >= 11 is 0. The largest absolute Gasteiger partial charge is 0.455 e. The quantitative estimate of drug-likeness (QED) is 0.462. The molecule has 1 aliphatic rings. The smallest absolute Gasteiger partial charge is 0.243 e. The summed E-state index contributed by atoms with van der Waals surface area (Å²) in [6.07, 6.45) is 3.68. The Morgan fingerprint density at radius 3 is 2.29 bits per heavy atom. The molecule has 0 aliphatic carbocycles. The van der Waals surface area contributed by atoms with E-state index in [1.807, 2.05) is 55.5 Å². The number of sulfonamides is 1. The van der Waals surface area contributed by atoms with Crippen LogP contribution in [0.4, 0.5) is 5.69 Å². The highest BCUT2D eigenvalue weighted by Gasteiger charge is 2.25. The molecule has 1 saturated heterocycles. The third-order valence-electron chi connectivity index (χ3n) is 5.93. The second-order valence-electron chi connectivity index (χ2n) is 8.57. The van der Waals surface area contributed by atoms with Crippen LogP contribution in [-0.4, -0.2) is 31.7 Å². The fourth-order valence-electron chi connectivity index (χ4n) is 3.95. The predicted molar refractivity (Wildman–Crippen MR) is 134 cm³/mol. The van der Waals surface area contributed by atoms with Gasteiger partial charge in [-0.2, -0.15) is 4.31 Å². The maximum absolute atomic E-state index is 12.8. The van der Waals surface area contributed by atoms with E-state index < -0.39 is 10.0 Å². The van der Waals surface area contributed by atoms with Crippen LogP contribution in [0.1, 0.15) is 36.8 Å². The van der Waals surface area contributed by atoms with Gasteiger partial charge in [0, 0.05) is 19.5 Å². The number of rotatable bonds is 8. The number of benzene rings is 3. The van der Waals surface area contributed by atoms with E-state index in [0.29, 0.717) is 41.6 Å². The van der Waals surface area contributed by atoms with Crippen LogP contribution < -0.4 is 10.1 Å². The van der Waals surface area contributed by atoms with E-state index >= 15 is 0 Å². The van der Waals surface area contributed by atoms with Crippen LogP contribution >= 0.6 is 0 Å². The number of hydrogen-bond acceptors (Lipinski definition) is 4. The van der Waals surface area contributed by atoms with Crippen molar-refractivity contribution in [1.82, 2.24) is 4.31 Å². The molecule has 0 radical (unpaired) electrons. The first-order chi connectivity index (χ1) is 16.4. The van der Waals surface area contributed by atoms with Gasteiger partial charge in [0.25, 0.3) is 0 Å². The van der Waals surface area contributed by atoms with Crippen LogP contribution in [0.2, 0.25) is 0 Å². The van der Waals surface area contributed by atoms with E-state index in [2.05, 4.69) is 5.32 Å². The van der Waals surface area contributed by atoms with Gasteiger partial charge in [-0.3, -0.25) is 4.79 Å². The molecule has 4 rings (SSSR count). The molecular weight excluding hydrogens is 448 g/mol. The highest BCUT2D eigenvalue weighted by molar-refractivity contribution is 7.89. The maximum Gasteiger partial charge on any atom is 0.243 e. The minimum atomic E-state index is -3.44. The summed E-state index contributed by atoms with van der Waals surface area (Å²) in [6.45, 7) is 3.18. The van der Waals surface area contributed by atoms with Gasteiger partial charge in [-0.05, 0) is 68.1 Å². The second kappa shape index (κ2) is 10.8. The number of aryl methyl sites for hydroxylation is 2. The van der Waals surface area contributed by atoms with Crippen molar-refractivity contribution in [2.75, 3.05) is 18.4 Å². The Morgan fingerprint density at radius 2 is 1.59 bits per heavy atom. The molecule has 3 aromatic rings. The molecule has 7 heteroatoms. The van der Waals surface area contributed by atoms with Crippen molar-refractivity contribution in [3.63, 3.8) is 0 Å². The van der Waals surface area contributed by atoms with Crippen LogP contribution in [-0.2, 0) is 21.2 Å². The van der Waals surface area contributed by atoms with Crippen molar-refractivity contribution in [3.05, 3.63) is 83.9 Å². The van der Waals surface area contributed by atoms with Gasteiger partial charge < -0.3 is 10.1 Å². The van der Waals surface area contributed by atoms with Crippen molar-refractivity contribution >= 4 is 21.6 Å². The Balaban J connectivity index is 1.34. The van der Waals surface area contributed by atoms with Gasteiger partial charge in [-0.25, -0.2) is 8.42 Å². The van der Waals surface area contributed by atoms with Gasteiger partial charge in [0.2, 0.25) is 15.9 Å². The van der Waals surface area contributed by atoms with Crippen LogP contribution in [0.25, 0.3) is 0 Å². The van der Waals surface area contributed by atoms with Crippen LogP contribution in [0, 0.1) is 6.92 Å². The summed E-state index contributed by atoms with van der Waals surface area (Å²) in [5.74, 6) is 1.14. The fraction of sp³-hybridized carbons (Fsp3) is 0.296. The molecule has 0 aromatic heterocycles. The molecule has 178 valence electrons. The predicted octanol–water partition coefficient (Wildman–Crippen LogP) is 5.53. The average Bonchev–Trinajstić information content (AvgIpc) is 2.86. The van der Waals surface area contributed by atoms with Gasteiger partial charge in [0.05, 0.1) is 10.6 Å². The average molecular weight is 479 g/mol. The zero-order valence-corrected chi connectivity index (χ0v) is 20.2. The Morgan fingerprint density at radius 1 is 0.912 bits per heavy atom. The summed E-state index contributed by atoms with van der Waals surface area (Å²) in [5.41, 5.74) is 2.67. The maximum atomic E-state index is 12.8. The summed E-state index contributed by atoms with van der Waals surface area (Å²) in [7, 11) is -3.44. The number of ether oxygens (including phenoxy) is 1. The number of nitrogens with one attached hydrogen (secondary N) is 1. The van der Waals surface area contributed by atoms with Crippen molar-refractivity contribution in [2.45, 2.75) is 43.9 Å². The number of para-hydroxylation sites is 2. The molecule has 1 N–H and O–H groups in total. The lowest BCUT2D eigenvalue weighted by atomic mass is 10.1. The van der Waals surface area contributed by atoms with Crippen molar-refractivity contribution in [3.8, 4) is 11.5 Å². The lowest BCUT2D eigenvalue weighted by Crippen LogP contribution is -2.35. The molecule has 1 heterocycles. The summed E-state index contributed by atoms with van der Waals surface area (Å²) in [4.78, 5) is 12.9. The van der Waals surface area contributed by atoms with E-state index in [1.165, 1.54) is 0 Å². The topological polar surface area (TPSA) is 75.7 Å². The number of piperidine rings is 1. The molecule has 1 fully saturated rings. The van der Waals surface area contributed by atoms with Crippen molar-refractivity contribution < 1.29 is 17.9 Å². The van der Waals surface area contributed by atoms with E-state index in [1.54, 1.807) is 28.6 Å². The number of carbonyl (C=O) groups excluding carboxylic acids is 1. The molecule has 0 unspecified atom stereocenters. The number of amides is 1. The molecule has 0 atom stereocenters. The highest BCUT2D eigenvalue weighted by atomic mass is 32.2. The third-order valence-corrected chi connectivity index (χ3v) is 7.84. The summed E-state index contributed by atoms with van der Waals surface area (Å²) < 4.78 is 33.1. The zero-order chi connectivity index (χ0) is 24.0. The Bertz CT molecular complexity index is 1220. The van der Waals surface area contributed by atoms with Gasteiger partial charge in [-0.1, -0.05) is 48.4 Å². The fourth-order valence-corrected chi connectivity index (χ4v) is 5.46. The summed E-state index contributed by atoms with van der Waals surface area (Å²) in [6, 6.07) is 21.9. The first-order valence-corrected chi connectivity index (χ1v) is 13.1. The van der Waals surface area contributed by atoms with E-state index in [-0.39, 0.29) is 12.3 Å². The van der Waals surface area contributed by atoms with Gasteiger partial charge in [0.15, 0.2) is 5.75 Å². The molecule has 1 amide bonds. The molecule has 0 saturated carbocycles. The number of carbonyl (C=O) groups is 1. The van der Waals surface area contributed by atoms with Crippen LogP contribution in [0.3, 0.4) is 0 Å². The molecular formula is C27H30N2O4S. The number of nitrogens with zero attached hydrogens (tertiary/aromatic N) is 1. The normalized spacial score (nSPS) is 14.5. The minimum Gasteiger partial charge on any atom is -0.455 e. The molecule has 1 aliphatic heterocycles. The molecule has 0 bridgehead atoms. The number of anilines is 1.